The summed E-state index contributed by atoms with van der Waals surface area (Å²) in [5.41, 5.74) is 8.19. The molecule has 15 heavy (non-hydrogen) atoms. The van der Waals surface area contributed by atoms with Gasteiger partial charge >= 0.3 is 0 Å². The number of methoxy groups -OCH3 is 1. The standard InChI is InChI=1S/C11H14N2O2/c1-6-3-7-4-10(15-2)8(12)5-9(7)13-11(6)14/h4-6H,3,12H2,1-2H3,(H,13,14). The van der Waals surface area contributed by atoms with Crippen LogP contribution in [0.5, 0.6) is 5.75 Å². The molecule has 0 saturated carbocycles. The Morgan fingerprint density at radius 3 is 2.93 bits per heavy atom. The molecule has 2 rings (SSSR count). The van der Waals surface area contributed by atoms with Gasteiger partial charge in [-0.25, -0.2) is 0 Å². The molecule has 1 heterocycles. The molecule has 0 aliphatic carbocycles. The van der Waals surface area contributed by atoms with Crippen molar-refractivity contribution < 1.29 is 9.53 Å². The van der Waals surface area contributed by atoms with E-state index >= 15 is 0 Å². The van der Waals surface area contributed by atoms with E-state index in [-0.39, 0.29) is 11.8 Å². The number of nitrogens with one attached hydrogen (secondary N) is 1. The molecule has 4 heteroatoms. The van der Waals surface area contributed by atoms with Gasteiger partial charge in [0.25, 0.3) is 0 Å². The molecule has 0 aromatic heterocycles. The summed E-state index contributed by atoms with van der Waals surface area (Å²) in [7, 11) is 1.59. The van der Waals surface area contributed by atoms with Crippen LogP contribution in [0.2, 0.25) is 0 Å². The maximum Gasteiger partial charge on any atom is 0.227 e. The van der Waals surface area contributed by atoms with Gasteiger partial charge in [0.1, 0.15) is 5.75 Å². The number of anilines is 2. The Balaban J connectivity index is 2.45. The predicted octanol–water partition coefficient (Wildman–Crippen LogP) is 1.41. The van der Waals surface area contributed by atoms with E-state index in [4.69, 9.17) is 10.5 Å². The molecule has 1 amide bonds. The summed E-state index contributed by atoms with van der Waals surface area (Å²) >= 11 is 0. The number of amides is 1. The van der Waals surface area contributed by atoms with Crippen molar-refractivity contribution in [3.8, 4) is 5.75 Å². The highest BCUT2D eigenvalue weighted by Gasteiger charge is 2.23. The van der Waals surface area contributed by atoms with Crippen molar-refractivity contribution in [1.29, 1.82) is 0 Å². The van der Waals surface area contributed by atoms with Crippen LogP contribution >= 0.6 is 0 Å². The zero-order valence-electron chi connectivity index (χ0n) is 8.83. The van der Waals surface area contributed by atoms with Crippen molar-refractivity contribution >= 4 is 17.3 Å². The zero-order chi connectivity index (χ0) is 11.0. The summed E-state index contributed by atoms with van der Waals surface area (Å²) in [5, 5.41) is 2.83. The fourth-order valence-electron chi connectivity index (χ4n) is 1.78. The van der Waals surface area contributed by atoms with E-state index in [0.717, 1.165) is 17.7 Å². The predicted molar refractivity (Wildman–Crippen MR) is 58.9 cm³/mol. The number of fused-ring (bicyclic) bond motifs is 1. The molecule has 0 spiro atoms. The molecule has 1 atom stereocenters. The lowest BCUT2D eigenvalue weighted by Crippen LogP contribution is -2.27. The molecule has 0 radical (unpaired) electrons. The number of hydrogen-bond acceptors (Lipinski definition) is 3. The molecule has 0 fully saturated rings. The molecule has 1 aromatic rings. The summed E-state index contributed by atoms with van der Waals surface area (Å²) < 4.78 is 5.14. The fraction of sp³-hybridized carbons (Fsp3) is 0.364. The molecule has 1 aromatic carbocycles. The molecule has 0 bridgehead atoms. The highest BCUT2D eigenvalue weighted by atomic mass is 16.5. The van der Waals surface area contributed by atoms with Crippen LogP contribution in [0.15, 0.2) is 12.1 Å². The van der Waals surface area contributed by atoms with Crippen molar-refractivity contribution in [2.24, 2.45) is 5.92 Å². The molecule has 80 valence electrons. The van der Waals surface area contributed by atoms with E-state index in [1.54, 1.807) is 13.2 Å². The summed E-state index contributed by atoms with van der Waals surface area (Å²) in [6, 6.07) is 3.64. The third-order valence-electron chi connectivity index (χ3n) is 2.69. The number of hydrogen-bond donors (Lipinski definition) is 2. The van der Waals surface area contributed by atoms with Crippen LogP contribution in [-0.4, -0.2) is 13.0 Å². The number of nitrogens with two attached hydrogens (primary N) is 1. The second kappa shape index (κ2) is 3.46. The first kappa shape index (κ1) is 9.83. The Hall–Kier alpha value is -1.71. The Morgan fingerprint density at radius 2 is 2.27 bits per heavy atom. The van der Waals surface area contributed by atoms with Gasteiger partial charge < -0.3 is 15.8 Å². The third kappa shape index (κ3) is 1.63. The van der Waals surface area contributed by atoms with Crippen molar-refractivity contribution in [1.82, 2.24) is 0 Å². The first-order chi connectivity index (χ1) is 7.11. The highest BCUT2D eigenvalue weighted by Crippen LogP contribution is 2.33. The van der Waals surface area contributed by atoms with Crippen LogP contribution in [0.3, 0.4) is 0 Å². The molecular formula is C11H14N2O2. The summed E-state index contributed by atoms with van der Waals surface area (Å²) in [6.07, 6.45) is 0.734. The van der Waals surface area contributed by atoms with Gasteiger partial charge in [-0.05, 0) is 24.1 Å². The van der Waals surface area contributed by atoms with E-state index in [9.17, 15) is 4.79 Å². The van der Waals surface area contributed by atoms with Gasteiger partial charge in [0.15, 0.2) is 0 Å². The summed E-state index contributed by atoms with van der Waals surface area (Å²) in [4.78, 5) is 11.4. The van der Waals surface area contributed by atoms with Crippen molar-refractivity contribution in [3.05, 3.63) is 17.7 Å². The smallest absolute Gasteiger partial charge is 0.227 e. The fourth-order valence-corrected chi connectivity index (χ4v) is 1.78. The summed E-state index contributed by atoms with van der Waals surface area (Å²) in [5.74, 6) is 0.718. The van der Waals surface area contributed by atoms with Gasteiger partial charge in [-0.3, -0.25) is 4.79 Å². The molecule has 4 nitrogen and oxygen atoms in total. The maximum atomic E-state index is 11.4. The van der Waals surface area contributed by atoms with Gasteiger partial charge in [-0.1, -0.05) is 6.92 Å². The first-order valence-corrected chi connectivity index (χ1v) is 4.89. The number of carbonyl (C=O) groups excluding carboxylic acids is 1. The number of benzene rings is 1. The lowest BCUT2D eigenvalue weighted by atomic mass is 9.94. The topological polar surface area (TPSA) is 64.3 Å². The van der Waals surface area contributed by atoms with Gasteiger partial charge in [-0.2, -0.15) is 0 Å². The van der Waals surface area contributed by atoms with Crippen LogP contribution in [0, 0.1) is 5.92 Å². The Bertz CT molecular complexity index is 415. The molecule has 1 aliphatic rings. The van der Waals surface area contributed by atoms with E-state index < -0.39 is 0 Å². The van der Waals surface area contributed by atoms with E-state index in [1.807, 2.05) is 13.0 Å². The second-order valence-electron chi connectivity index (χ2n) is 3.85. The molecule has 1 unspecified atom stereocenters. The van der Waals surface area contributed by atoms with Crippen LogP contribution < -0.4 is 15.8 Å². The minimum absolute atomic E-state index is 0.00540. The van der Waals surface area contributed by atoms with Crippen molar-refractivity contribution in [3.63, 3.8) is 0 Å². The largest absolute Gasteiger partial charge is 0.495 e. The third-order valence-corrected chi connectivity index (χ3v) is 2.69. The first-order valence-electron chi connectivity index (χ1n) is 4.89. The maximum absolute atomic E-state index is 11.4. The SMILES string of the molecule is COc1cc2c(cc1N)NC(=O)C(C)C2. The van der Waals surface area contributed by atoms with E-state index in [0.29, 0.717) is 11.4 Å². The van der Waals surface area contributed by atoms with E-state index in [2.05, 4.69) is 5.32 Å². The quantitative estimate of drug-likeness (QED) is 0.683. The van der Waals surface area contributed by atoms with Crippen LogP contribution in [0.1, 0.15) is 12.5 Å². The van der Waals surface area contributed by atoms with Crippen LogP contribution in [-0.2, 0) is 11.2 Å². The normalized spacial score (nSPS) is 19.3. The summed E-state index contributed by atoms with van der Waals surface area (Å²) in [6.45, 7) is 1.90. The minimum Gasteiger partial charge on any atom is -0.495 e. The number of nitrogen functional groups attached to an aromatic ring is 1. The number of carbonyl (C=O) groups is 1. The average Bonchev–Trinajstić information content (AvgIpc) is 2.20. The minimum atomic E-state index is 0.00540. The number of ether oxygens (including phenoxy) is 1. The van der Waals surface area contributed by atoms with Crippen molar-refractivity contribution in [2.45, 2.75) is 13.3 Å². The highest BCUT2D eigenvalue weighted by molar-refractivity contribution is 5.96. The molecule has 1 aliphatic heterocycles. The van der Waals surface area contributed by atoms with Gasteiger partial charge in [0.05, 0.1) is 12.8 Å². The van der Waals surface area contributed by atoms with Crippen LogP contribution in [0.25, 0.3) is 0 Å². The zero-order valence-corrected chi connectivity index (χ0v) is 8.83. The van der Waals surface area contributed by atoms with Crippen LogP contribution in [0.4, 0.5) is 11.4 Å². The average molecular weight is 206 g/mol. The molecule has 0 saturated heterocycles. The monoisotopic (exact) mass is 206 g/mol. The second-order valence-corrected chi connectivity index (χ2v) is 3.85. The number of rotatable bonds is 1. The van der Waals surface area contributed by atoms with Gasteiger partial charge in [0, 0.05) is 11.6 Å². The Kier molecular flexibility index (Phi) is 2.26. The molecule has 3 N–H and O–H groups in total. The lowest BCUT2D eigenvalue weighted by Gasteiger charge is -2.23. The van der Waals surface area contributed by atoms with E-state index in [1.165, 1.54) is 0 Å². The van der Waals surface area contributed by atoms with Crippen molar-refractivity contribution in [2.75, 3.05) is 18.2 Å². The van der Waals surface area contributed by atoms with Gasteiger partial charge in [0.2, 0.25) is 5.91 Å². The van der Waals surface area contributed by atoms with Gasteiger partial charge in [-0.15, -0.1) is 0 Å². The Labute approximate surface area is 88.4 Å². The molecular weight excluding hydrogens is 192 g/mol. The Morgan fingerprint density at radius 1 is 1.53 bits per heavy atom. The lowest BCUT2D eigenvalue weighted by molar-refractivity contribution is -0.119.